The van der Waals surface area contributed by atoms with Crippen LogP contribution in [-0.2, 0) is 0 Å². The molecular weight excluding hydrogens is 234 g/mol. The lowest BCUT2D eigenvalue weighted by Crippen LogP contribution is -2.32. The predicted molar refractivity (Wildman–Crippen MR) is 80.9 cm³/mol. The molecule has 106 valence electrons. The maximum Gasteiger partial charge on any atom is 0.122 e. The molecule has 2 nitrogen and oxygen atoms in total. The predicted octanol–water partition coefficient (Wildman–Crippen LogP) is 4.11. The summed E-state index contributed by atoms with van der Waals surface area (Å²) in [4.78, 5) is 0. The van der Waals surface area contributed by atoms with Crippen molar-refractivity contribution in [3.05, 3.63) is 29.8 Å². The van der Waals surface area contributed by atoms with Crippen molar-refractivity contribution < 1.29 is 4.74 Å². The number of hydrogen-bond acceptors (Lipinski definition) is 2. The highest BCUT2D eigenvalue weighted by molar-refractivity contribution is 5.37. The van der Waals surface area contributed by atoms with Crippen LogP contribution in [0, 0.1) is 0 Å². The Morgan fingerprint density at radius 3 is 2.79 bits per heavy atom. The first-order chi connectivity index (χ1) is 9.36. The molecule has 0 aromatic heterocycles. The number of para-hydroxylation sites is 1. The van der Waals surface area contributed by atoms with Crippen molar-refractivity contribution in [2.45, 2.75) is 57.9 Å². The summed E-state index contributed by atoms with van der Waals surface area (Å²) in [5.41, 5.74) is 1.40. The number of hydrogen-bond donors (Lipinski definition) is 1. The average molecular weight is 261 g/mol. The SMILES string of the molecule is CCCNC1CCCC1c1ccccc1OCCC. The molecule has 1 fully saturated rings. The van der Waals surface area contributed by atoms with Gasteiger partial charge in [0.25, 0.3) is 0 Å². The Bertz CT molecular complexity index is 377. The second kappa shape index (κ2) is 7.54. The molecule has 2 rings (SSSR count). The smallest absolute Gasteiger partial charge is 0.122 e. The minimum absolute atomic E-state index is 0.625. The molecule has 1 aliphatic carbocycles. The summed E-state index contributed by atoms with van der Waals surface area (Å²) in [6.07, 6.45) is 6.18. The Morgan fingerprint density at radius 1 is 1.16 bits per heavy atom. The van der Waals surface area contributed by atoms with Crippen molar-refractivity contribution in [2.24, 2.45) is 0 Å². The van der Waals surface area contributed by atoms with Crippen LogP contribution in [0.3, 0.4) is 0 Å². The molecule has 19 heavy (non-hydrogen) atoms. The molecule has 1 saturated carbocycles. The molecule has 1 aliphatic rings. The van der Waals surface area contributed by atoms with E-state index in [4.69, 9.17) is 4.74 Å². The Balaban J connectivity index is 2.10. The van der Waals surface area contributed by atoms with Crippen molar-refractivity contribution in [1.29, 1.82) is 0 Å². The van der Waals surface area contributed by atoms with E-state index in [-0.39, 0.29) is 0 Å². The molecule has 2 atom stereocenters. The van der Waals surface area contributed by atoms with E-state index in [1.807, 2.05) is 0 Å². The lowest BCUT2D eigenvalue weighted by atomic mass is 9.93. The van der Waals surface area contributed by atoms with Crippen LogP contribution in [0.25, 0.3) is 0 Å². The third-order valence-corrected chi connectivity index (χ3v) is 3.95. The molecular formula is C17H27NO. The van der Waals surface area contributed by atoms with E-state index >= 15 is 0 Å². The van der Waals surface area contributed by atoms with Gasteiger partial charge in [-0.1, -0.05) is 38.5 Å². The quantitative estimate of drug-likeness (QED) is 0.797. The second-order valence-corrected chi connectivity index (χ2v) is 5.48. The molecule has 1 aromatic carbocycles. The summed E-state index contributed by atoms with van der Waals surface area (Å²) in [5.74, 6) is 1.72. The van der Waals surface area contributed by atoms with E-state index in [2.05, 4.69) is 43.4 Å². The molecule has 1 aromatic rings. The molecule has 2 heteroatoms. The fourth-order valence-electron chi connectivity index (χ4n) is 3.04. The van der Waals surface area contributed by atoms with E-state index in [0.717, 1.165) is 25.3 Å². The minimum Gasteiger partial charge on any atom is -0.493 e. The van der Waals surface area contributed by atoms with Crippen LogP contribution in [0.15, 0.2) is 24.3 Å². The third kappa shape index (κ3) is 3.73. The Labute approximate surface area is 117 Å². The molecule has 0 bridgehead atoms. The first-order valence-electron chi connectivity index (χ1n) is 7.82. The first kappa shape index (κ1) is 14.4. The molecule has 0 radical (unpaired) electrons. The summed E-state index contributed by atoms with van der Waals surface area (Å²) in [6, 6.07) is 9.23. The second-order valence-electron chi connectivity index (χ2n) is 5.48. The van der Waals surface area contributed by atoms with E-state index < -0.39 is 0 Å². The van der Waals surface area contributed by atoms with E-state index in [1.54, 1.807) is 0 Å². The zero-order valence-corrected chi connectivity index (χ0v) is 12.3. The molecule has 1 N–H and O–H groups in total. The minimum atomic E-state index is 0.625. The molecule has 0 heterocycles. The normalized spacial score (nSPS) is 22.6. The van der Waals surface area contributed by atoms with Gasteiger partial charge in [0.05, 0.1) is 6.61 Å². The van der Waals surface area contributed by atoms with Crippen LogP contribution in [-0.4, -0.2) is 19.2 Å². The number of benzene rings is 1. The zero-order valence-electron chi connectivity index (χ0n) is 12.3. The first-order valence-corrected chi connectivity index (χ1v) is 7.82. The molecule has 0 amide bonds. The standard InChI is InChI=1S/C17H27NO/c1-3-12-18-16-10-7-9-14(16)15-8-5-6-11-17(15)19-13-4-2/h5-6,8,11,14,16,18H,3-4,7,9-10,12-13H2,1-2H3. The van der Waals surface area contributed by atoms with Gasteiger partial charge in [0, 0.05) is 12.0 Å². The monoisotopic (exact) mass is 261 g/mol. The van der Waals surface area contributed by atoms with Crippen LogP contribution in [0.4, 0.5) is 0 Å². The van der Waals surface area contributed by atoms with Crippen molar-refractivity contribution in [2.75, 3.05) is 13.2 Å². The molecule has 0 saturated heterocycles. The van der Waals surface area contributed by atoms with Gasteiger partial charge in [-0.15, -0.1) is 0 Å². The van der Waals surface area contributed by atoms with Crippen molar-refractivity contribution in [3.63, 3.8) is 0 Å². The van der Waals surface area contributed by atoms with Crippen molar-refractivity contribution >= 4 is 0 Å². The van der Waals surface area contributed by atoms with Gasteiger partial charge in [-0.2, -0.15) is 0 Å². The average Bonchev–Trinajstić information content (AvgIpc) is 2.91. The Kier molecular flexibility index (Phi) is 5.71. The van der Waals surface area contributed by atoms with Gasteiger partial charge in [-0.25, -0.2) is 0 Å². The van der Waals surface area contributed by atoms with Crippen molar-refractivity contribution in [1.82, 2.24) is 5.32 Å². The number of ether oxygens (including phenoxy) is 1. The van der Waals surface area contributed by atoms with Crippen LogP contribution in [0.2, 0.25) is 0 Å². The third-order valence-electron chi connectivity index (χ3n) is 3.95. The summed E-state index contributed by atoms with van der Waals surface area (Å²) >= 11 is 0. The van der Waals surface area contributed by atoms with Crippen LogP contribution in [0.5, 0.6) is 5.75 Å². The van der Waals surface area contributed by atoms with Gasteiger partial charge in [0.15, 0.2) is 0 Å². The number of nitrogens with one attached hydrogen (secondary N) is 1. The lowest BCUT2D eigenvalue weighted by molar-refractivity contribution is 0.310. The maximum absolute atomic E-state index is 5.92. The van der Waals surface area contributed by atoms with Gasteiger partial charge in [-0.3, -0.25) is 0 Å². The van der Waals surface area contributed by atoms with Gasteiger partial charge in [0.2, 0.25) is 0 Å². The summed E-state index contributed by atoms with van der Waals surface area (Å²) in [5, 5.41) is 3.71. The van der Waals surface area contributed by atoms with Crippen LogP contribution in [0.1, 0.15) is 57.4 Å². The summed E-state index contributed by atoms with van der Waals surface area (Å²) in [6.45, 7) is 6.33. The lowest BCUT2D eigenvalue weighted by Gasteiger charge is -2.23. The highest BCUT2D eigenvalue weighted by Crippen LogP contribution is 2.39. The van der Waals surface area contributed by atoms with Crippen molar-refractivity contribution in [3.8, 4) is 5.75 Å². The number of rotatable bonds is 7. The van der Waals surface area contributed by atoms with E-state index in [9.17, 15) is 0 Å². The van der Waals surface area contributed by atoms with Crippen LogP contribution < -0.4 is 10.1 Å². The van der Waals surface area contributed by atoms with Crippen LogP contribution >= 0.6 is 0 Å². The maximum atomic E-state index is 5.92. The van der Waals surface area contributed by atoms with E-state index in [1.165, 1.54) is 31.2 Å². The molecule has 0 aliphatic heterocycles. The topological polar surface area (TPSA) is 21.3 Å². The Hall–Kier alpha value is -1.02. The van der Waals surface area contributed by atoms with Gasteiger partial charge in [0.1, 0.15) is 5.75 Å². The molecule has 2 unspecified atom stereocenters. The van der Waals surface area contributed by atoms with Gasteiger partial charge >= 0.3 is 0 Å². The summed E-state index contributed by atoms with van der Waals surface area (Å²) in [7, 11) is 0. The largest absolute Gasteiger partial charge is 0.493 e. The fraction of sp³-hybridized carbons (Fsp3) is 0.647. The zero-order chi connectivity index (χ0) is 13.5. The highest BCUT2D eigenvalue weighted by Gasteiger charge is 2.29. The van der Waals surface area contributed by atoms with Gasteiger partial charge in [-0.05, 0) is 43.9 Å². The Morgan fingerprint density at radius 2 is 2.00 bits per heavy atom. The fourth-order valence-corrected chi connectivity index (χ4v) is 3.04. The summed E-state index contributed by atoms with van der Waals surface area (Å²) < 4.78 is 5.92. The van der Waals surface area contributed by atoms with Gasteiger partial charge < -0.3 is 10.1 Å². The molecule has 0 spiro atoms. The van der Waals surface area contributed by atoms with E-state index in [0.29, 0.717) is 12.0 Å². The highest BCUT2D eigenvalue weighted by atomic mass is 16.5.